The molecular weight excluding hydrogens is 240 g/mol. The van der Waals surface area contributed by atoms with Crippen LogP contribution in [-0.2, 0) is 6.42 Å². The van der Waals surface area contributed by atoms with Crippen molar-refractivity contribution in [1.82, 2.24) is 9.97 Å². The normalized spacial score (nSPS) is 10.5. The summed E-state index contributed by atoms with van der Waals surface area (Å²) < 4.78 is 5.77. The zero-order valence-electron chi connectivity index (χ0n) is 12.1. The van der Waals surface area contributed by atoms with Crippen LogP contribution in [0.5, 0.6) is 5.88 Å². The third-order valence-electron chi connectivity index (χ3n) is 3.03. The number of anilines is 1. The summed E-state index contributed by atoms with van der Waals surface area (Å²) in [6.07, 6.45) is 9.49. The van der Waals surface area contributed by atoms with Gasteiger partial charge in [-0.1, -0.05) is 46.0 Å². The Morgan fingerprint density at radius 1 is 1.11 bits per heavy atom. The van der Waals surface area contributed by atoms with Gasteiger partial charge in [0.05, 0.1) is 12.2 Å². The van der Waals surface area contributed by atoms with E-state index in [1.54, 1.807) is 0 Å². The van der Waals surface area contributed by atoms with E-state index in [-0.39, 0.29) is 0 Å². The largest absolute Gasteiger partial charge is 0.477 e. The molecule has 0 aliphatic heterocycles. The zero-order chi connectivity index (χ0) is 13.9. The molecule has 0 amide bonds. The standard InChI is InChI=1S/C14H26N4O/c1-3-5-6-7-8-10-19-14-12(9-4-2)13(18-15)16-11-17-14/h11H,3-10,15H2,1-2H3,(H,16,17,18). The molecule has 0 fully saturated rings. The Morgan fingerprint density at radius 3 is 2.58 bits per heavy atom. The Kier molecular flexibility index (Phi) is 7.89. The van der Waals surface area contributed by atoms with E-state index >= 15 is 0 Å². The Hall–Kier alpha value is -1.36. The van der Waals surface area contributed by atoms with Crippen LogP contribution in [0.15, 0.2) is 6.33 Å². The molecule has 0 saturated heterocycles. The van der Waals surface area contributed by atoms with Gasteiger partial charge < -0.3 is 10.2 Å². The SMILES string of the molecule is CCCCCCCOc1ncnc(NN)c1CCC. The van der Waals surface area contributed by atoms with Crippen LogP contribution in [0.25, 0.3) is 0 Å². The van der Waals surface area contributed by atoms with Crippen LogP contribution in [0.2, 0.25) is 0 Å². The Labute approximate surface area is 115 Å². The second kappa shape index (κ2) is 9.55. The van der Waals surface area contributed by atoms with Crippen molar-refractivity contribution in [2.75, 3.05) is 12.0 Å². The number of rotatable bonds is 10. The zero-order valence-corrected chi connectivity index (χ0v) is 12.1. The number of unbranched alkanes of at least 4 members (excludes halogenated alkanes) is 4. The molecule has 3 N–H and O–H groups in total. The van der Waals surface area contributed by atoms with Gasteiger partial charge in [0.25, 0.3) is 0 Å². The minimum Gasteiger partial charge on any atom is -0.477 e. The summed E-state index contributed by atoms with van der Waals surface area (Å²) in [6, 6.07) is 0. The predicted molar refractivity (Wildman–Crippen MR) is 78.1 cm³/mol. The number of nitrogens with two attached hydrogens (primary N) is 1. The number of hydrogen-bond acceptors (Lipinski definition) is 5. The highest BCUT2D eigenvalue weighted by Crippen LogP contribution is 2.23. The van der Waals surface area contributed by atoms with Crippen molar-refractivity contribution in [3.8, 4) is 5.88 Å². The van der Waals surface area contributed by atoms with Gasteiger partial charge in [-0.25, -0.2) is 15.8 Å². The van der Waals surface area contributed by atoms with Crippen LogP contribution in [0, 0.1) is 0 Å². The average Bonchev–Trinajstić information content (AvgIpc) is 2.44. The minimum absolute atomic E-state index is 0.665. The molecule has 19 heavy (non-hydrogen) atoms. The quantitative estimate of drug-likeness (QED) is 0.387. The van der Waals surface area contributed by atoms with E-state index in [1.165, 1.54) is 32.0 Å². The summed E-state index contributed by atoms with van der Waals surface area (Å²) in [6.45, 7) is 5.04. The number of aromatic nitrogens is 2. The molecule has 1 aromatic heterocycles. The lowest BCUT2D eigenvalue weighted by atomic mass is 10.1. The van der Waals surface area contributed by atoms with Crippen molar-refractivity contribution >= 4 is 5.82 Å². The van der Waals surface area contributed by atoms with Gasteiger partial charge in [0.2, 0.25) is 5.88 Å². The smallest absolute Gasteiger partial charge is 0.221 e. The van der Waals surface area contributed by atoms with Crippen LogP contribution in [0.3, 0.4) is 0 Å². The summed E-state index contributed by atoms with van der Waals surface area (Å²) in [4.78, 5) is 8.33. The van der Waals surface area contributed by atoms with Crippen molar-refractivity contribution in [3.05, 3.63) is 11.9 Å². The summed E-state index contributed by atoms with van der Waals surface area (Å²) in [7, 11) is 0. The second-order valence-electron chi connectivity index (χ2n) is 4.66. The summed E-state index contributed by atoms with van der Waals surface area (Å²) in [5, 5.41) is 0. The molecule has 1 heterocycles. The molecule has 5 heteroatoms. The third-order valence-corrected chi connectivity index (χ3v) is 3.03. The number of hydrazine groups is 1. The lowest BCUT2D eigenvalue weighted by molar-refractivity contribution is 0.289. The molecule has 1 aromatic rings. The molecule has 0 saturated carbocycles. The highest BCUT2D eigenvalue weighted by Gasteiger charge is 2.10. The van der Waals surface area contributed by atoms with Gasteiger partial charge in [-0.2, -0.15) is 0 Å². The molecule has 0 spiro atoms. The van der Waals surface area contributed by atoms with Crippen molar-refractivity contribution in [3.63, 3.8) is 0 Å². The van der Waals surface area contributed by atoms with Crippen LogP contribution >= 0.6 is 0 Å². The lowest BCUT2D eigenvalue weighted by Gasteiger charge is -2.12. The van der Waals surface area contributed by atoms with Crippen molar-refractivity contribution in [2.45, 2.75) is 58.8 Å². The van der Waals surface area contributed by atoms with Gasteiger partial charge in [0, 0.05) is 0 Å². The Balaban J connectivity index is 2.47. The first-order chi connectivity index (χ1) is 9.33. The second-order valence-corrected chi connectivity index (χ2v) is 4.66. The maximum absolute atomic E-state index is 5.77. The van der Waals surface area contributed by atoms with E-state index in [1.807, 2.05) is 0 Å². The molecule has 0 bridgehead atoms. The van der Waals surface area contributed by atoms with E-state index in [0.29, 0.717) is 18.3 Å². The third kappa shape index (κ3) is 5.42. The number of nitrogen functional groups attached to an aromatic ring is 1. The number of nitrogens with zero attached hydrogens (tertiary/aromatic N) is 2. The topological polar surface area (TPSA) is 73.1 Å². The average molecular weight is 266 g/mol. The molecule has 0 aliphatic rings. The molecule has 5 nitrogen and oxygen atoms in total. The molecule has 108 valence electrons. The number of ether oxygens (including phenoxy) is 1. The maximum atomic E-state index is 5.77. The van der Waals surface area contributed by atoms with Crippen molar-refractivity contribution in [2.24, 2.45) is 5.84 Å². The predicted octanol–water partition coefficient (Wildman–Crippen LogP) is 3.06. The highest BCUT2D eigenvalue weighted by atomic mass is 16.5. The van der Waals surface area contributed by atoms with Gasteiger partial charge in [-0.15, -0.1) is 0 Å². The van der Waals surface area contributed by atoms with E-state index < -0.39 is 0 Å². The van der Waals surface area contributed by atoms with Crippen LogP contribution < -0.4 is 16.0 Å². The first kappa shape index (κ1) is 15.7. The van der Waals surface area contributed by atoms with E-state index in [9.17, 15) is 0 Å². The Morgan fingerprint density at radius 2 is 1.89 bits per heavy atom. The van der Waals surface area contributed by atoms with Gasteiger partial charge in [0.1, 0.15) is 12.1 Å². The van der Waals surface area contributed by atoms with Gasteiger partial charge >= 0.3 is 0 Å². The maximum Gasteiger partial charge on any atom is 0.221 e. The van der Waals surface area contributed by atoms with E-state index in [4.69, 9.17) is 10.6 Å². The molecule has 0 aromatic carbocycles. The molecule has 0 unspecified atom stereocenters. The van der Waals surface area contributed by atoms with Crippen LogP contribution in [0.4, 0.5) is 5.82 Å². The van der Waals surface area contributed by atoms with E-state index in [2.05, 4.69) is 29.2 Å². The summed E-state index contributed by atoms with van der Waals surface area (Å²) in [5.41, 5.74) is 3.58. The van der Waals surface area contributed by atoms with Gasteiger partial charge in [-0.05, 0) is 12.8 Å². The van der Waals surface area contributed by atoms with Crippen LogP contribution in [0.1, 0.15) is 57.9 Å². The molecule has 0 aliphatic carbocycles. The summed E-state index contributed by atoms with van der Waals surface area (Å²) >= 11 is 0. The lowest BCUT2D eigenvalue weighted by Crippen LogP contribution is -2.13. The fourth-order valence-corrected chi connectivity index (χ4v) is 1.99. The fourth-order valence-electron chi connectivity index (χ4n) is 1.99. The van der Waals surface area contributed by atoms with Crippen molar-refractivity contribution < 1.29 is 4.74 Å². The summed E-state index contributed by atoms with van der Waals surface area (Å²) in [5.74, 6) is 6.80. The van der Waals surface area contributed by atoms with Crippen molar-refractivity contribution in [1.29, 1.82) is 0 Å². The first-order valence-corrected chi connectivity index (χ1v) is 7.26. The number of nitrogens with one attached hydrogen (secondary N) is 1. The molecular formula is C14H26N4O. The fraction of sp³-hybridized carbons (Fsp3) is 0.714. The van der Waals surface area contributed by atoms with Gasteiger partial charge in [-0.3, -0.25) is 0 Å². The highest BCUT2D eigenvalue weighted by molar-refractivity contribution is 5.47. The van der Waals surface area contributed by atoms with Gasteiger partial charge in [0.15, 0.2) is 0 Å². The van der Waals surface area contributed by atoms with E-state index in [0.717, 1.165) is 24.8 Å². The van der Waals surface area contributed by atoms with Crippen LogP contribution in [-0.4, -0.2) is 16.6 Å². The molecule has 0 atom stereocenters. The molecule has 1 rings (SSSR count). The number of hydrogen-bond donors (Lipinski definition) is 2. The minimum atomic E-state index is 0.665. The Bertz CT molecular complexity index is 357. The monoisotopic (exact) mass is 266 g/mol. The molecule has 0 radical (unpaired) electrons. The first-order valence-electron chi connectivity index (χ1n) is 7.26.